The van der Waals surface area contributed by atoms with Crippen LogP contribution >= 0.6 is 0 Å². The number of piperazine rings is 1. The highest BCUT2D eigenvalue weighted by atomic mass is 16.3. The maximum Gasteiger partial charge on any atom is 0.120 e. The van der Waals surface area contributed by atoms with Crippen LogP contribution in [0.1, 0.15) is 11.1 Å². The van der Waals surface area contributed by atoms with Crippen molar-refractivity contribution in [2.75, 3.05) is 33.2 Å². The molecule has 0 amide bonds. The number of rotatable bonds is 2. The van der Waals surface area contributed by atoms with E-state index in [1.54, 1.807) is 0 Å². The molecule has 0 radical (unpaired) electrons. The van der Waals surface area contributed by atoms with Gasteiger partial charge in [-0.3, -0.25) is 4.90 Å². The van der Waals surface area contributed by atoms with Gasteiger partial charge in [0, 0.05) is 38.3 Å². The Morgan fingerprint density at radius 2 is 1.88 bits per heavy atom. The first-order chi connectivity index (χ1) is 7.65. The van der Waals surface area contributed by atoms with Crippen LogP contribution in [0.3, 0.4) is 0 Å². The van der Waals surface area contributed by atoms with Crippen molar-refractivity contribution in [3.05, 3.63) is 29.3 Å². The highest BCUT2D eigenvalue weighted by Gasteiger charge is 2.14. The van der Waals surface area contributed by atoms with Crippen LogP contribution in [0.2, 0.25) is 0 Å². The van der Waals surface area contributed by atoms with Gasteiger partial charge in [0.2, 0.25) is 0 Å². The average molecular weight is 220 g/mol. The zero-order valence-electron chi connectivity index (χ0n) is 10.1. The first-order valence-corrected chi connectivity index (χ1v) is 5.84. The number of phenols is 1. The van der Waals surface area contributed by atoms with Crippen molar-refractivity contribution >= 4 is 0 Å². The van der Waals surface area contributed by atoms with E-state index in [1.165, 1.54) is 0 Å². The van der Waals surface area contributed by atoms with Gasteiger partial charge >= 0.3 is 0 Å². The summed E-state index contributed by atoms with van der Waals surface area (Å²) in [7, 11) is 2.15. The molecule has 1 saturated heterocycles. The molecule has 88 valence electrons. The lowest BCUT2D eigenvalue weighted by Crippen LogP contribution is -2.43. The number of nitrogens with zero attached hydrogens (tertiary/aromatic N) is 2. The van der Waals surface area contributed by atoms with Crippen molar-refractivity contribution < 1.29 is 5.11 Å². The molecule has 1 heterocycles. The maximum absolute atomic E-state index is 9.84. The highest BCUT2D eigenvalue weighted by Crippen LogP contribution is 2.20. The molecule has 0 unspecified atom stereocenters. The molecule has 0 spiro atoms. The molecule has 0 saturated carbocycles. The van der Waals surface area contributed by atoms with E-state index in [4.69, 9.17) is 0 Å². The van der Waals surface area contributed by atoms with Gasteiger partial charge in [0.1, 0.15) is 5.75 Å². The summed E-state index contributed by atoms with van der Waals surface area (Å²) in [6.07, 6.45) is 0. The molecule has 3 heteroatoms. The molecule has 1 aromatic carbocycles. The molecule has 0 bridgehead atoms. The van der Waals surface area contributed by atoms with E-state index in [9.17, 15) is 5.11 Å². The van der Waals surface area contributed by atoms with Crippen molar-refractivity contribution in [2.24, 2.45) is 0 Å². The summed E-state index contributed by atoms with van der Waals surface area (Å²) >= 11 is 0. The molecule has 1 aliphatic heterocycles. The highest BCUT2D eigenvalue weighted by molar-refractivity contribution is 5.35. The predicted octanol–water partition coefficient (Wildman–Crippen LogP) is 1.45. The molecular formula is C13H20N2O. The Kier molecular flexibility index (Phi) is 3.46. The molecule has 1 aliphatic rings. The van der Waals surface area contributed by atoms with Crippen molar-refractivity contribution in [1.29, 1.82) is 0 Å². The summed E-state index contributed by atoms with van der Waals surface area (Å²) in [4.78, 5) is 4.73. The van der Waals surface area contributed by atoms with Crippen LogP contribution in [0.15, 0.2) is 18.2 Å². The average Bonchev–Trinajstić information content (AvgIpc) is 2.25. The lowest BCUT2D eigenvalue weighted by Gasteiger charge is -2.32. The van der Waals surface area contributed by atoms with Gasteiger partial charge in [-0.15, -0.1) is 0 Å². The van der Waals surface area contributed by atoms with Gasteiger partial charge in [0.15, 0.2) is 0 Å². The minimum atomic E-state index is 0.430. The van der Waals surface area contributed by atoms with Crippen LogP contribution in [0.4, 0.5) is 0 Å². The summed E-state index contributed by atoms with van der Waals surface area (Å²) in [6, 6.07) is 5.93. The fourth-order valence-corrected chi connectivity index (χ4v) is 2.05. The number of benzene rings is 1. The Bertz CT molecular complexity index is 357. The fourth-order valence-electron chi connectivity index (χ4n) is 2.05. The lowest BCUT2D eigenvalue weighted by atomic mass is 10.1. The Hall–Kier alpha value is -1.06. The summed E-state index contributed by atoms with van der Waals surface area (Å²) < 4.78 is 0. The van der Waals surface area contributed by atoms with Crippen molar-refractivity contribution in [3.63, 3.8) is 0 Å². The fraction of sp³-hybridized carbons (Fsp3) is 0.538. The van der Waals surface area contributed by atoms with Crippen molar-refractivity contribution in [1.82, 2.24) is 9.80 Å². The Labute approximate surface area is 97.3 Å². The molecule has 1 fully saturated rings. The first-order valence-electron chi connectivity index (χ1n) is 5.84. The zero-order chi connectivity index (χ0) is 11.5. The smallest absolute Gasteiger partial charge is 0.120 e. The number of aromatic hydroxyl groups is 1. The summed E-state index contributed by atoms with van der Waals surface area (Å²) in [5.41, 5.74) is 2.15. The molecule has 2 rings (SSSR count). The van der Waals surface area contributed by atoms with Gasteiger partial charge < -0.3 is 10.0 Å². The number of hydrogen-bond donors (Lipinski definition) is 1. The molecule has 16 heavy (non-hydrogen) atoms. The second kappa shape index (κ2) is 4.85. The molecular weight excluding hydrogens is 200 g/mol. The molecule has 0 aromatic heterocycles. The first kappa shape index (κ1) is 11.4. The zero-order valence-corrected chi connectivity index (χ0v) is 10.1. The molecule has 1 N–H and O–H groups in total. The number of likely N-dealkylation sites (N-methyl/N-ethyl adjacent to an activating group) is 1. The molecule has 1 aromatic rings. The maximum atomic E-state index is 9.84. The molecule has 3 nitrogen and oxygen atoms in total. The minimum Gasteiger partial charge on any atom is -0.508 e. The Balaban J connectivity index is 1.98. The summed E-state index contributed by atoms with van der Waals surface area (Å²) in [5, 5.41) is 9.84. The van der Waals surface area contributed by atoms with E-state index in [-0.39, 0.29) is 0 Å². The molecule has 0 atom stereocenters. The number of hydrogen-bond acceptors (Lipinski definition) is 3. The standard InChI is InChI=1S/C13H20N2O/c1-11-3-4-12(13(16)9-11)10-15-7-5-14(2)6-8-15/h3-4,9,16H,5-8,10H2,1-2H3. The predicted molar refractivity (Wildman–Crippen MR) is 65.6 cm³/mol. The SMILES string of the molecule is Cc1ccc(CN2CCN(C)CC2)c(O)c1. The Morgan fingerprint density at radius 1 is 1.19 bits per heavy atom. The summed E-state index contributed by atoms with van der Waals surface area (Å²) in [6.45, 7) is 7.27. The third kappa shape index (κ3) is 2.74. The van der Waals surface area contributed by atoms with Gasteiger partial charge in [-0.25, -0.2) is 0 Å². The lowest BCUT2D eigenvalue weighted by molar-refractivity contribution is 0.147. The van der Waals surface area contributed by atoms with Crippen LogP contribution in [-0.4, -0.2) is 48.1 Å². The third-order valence-corrected chi connectivity index (χ3v) is 3.23. The number of aryl methyl sites for hydroxylation is 1. The van der Waals surface area contributed by atoms with E-state index >= 15 is 0 Å². The van der Waals surface area contributed by atoms with Gasteiger partial charge in [-0.1, -0.05) is 12.1 Å². The van der Waals surface area contributed by atoms with E-state index in [0.717, 1.165) is 43.9 Å². The van der Waals surface area contributed by atoms with Gasteiger partial charge in [-0.2, -0.15) is 0 Å². The Morgan fingerprint density at radius 3 is 2.50 bits per heavy atom. The second-order valence-corrected chi connectivity index (χ2v) is 4.71. The van der Waals surface area contributed by atoms with Crippen LogP contribution in [0, 0.1) is 6.92 Å². The van der Waals surface area contributed by atoms with Gasteiger partial charge in [0.05, 0.1) is 0 Å². The van der Waals surface area contributed by atoms with E-state index in [2.05, 4.69) is 22.9 Å². The van der Waals surface area contributed by atoms with Gasteiger partial charge in [0.25, 0.3) is 0 Å². The van der Waals surface area contributed by atoms with Crippen LogP contribution < -0.4 is 0 Å². The molecule has 0 aliphatic carbocycles. The minimum absolute atomic E-state index is 0.430. The topological polar surface area (TPSA) is 26.7 Å². The van der Waals surface area contributed by atoms with E-state index in [0.29, 0.717) is 5.75 Å². The van der Waals surface area contributed by atoms with Crippen LogP contribution in [0.25, 0.3) is 0 Å². The van der Waals surface area contributed by atoms with Gasteiger partial charge in [-0.05, 0) is 25.6 Å². The largest absolute Gasteiger partial charge is 0.508 e. The quantitative estimate of drug-likeness (QED) is 0.817. The second-order valence-electron chi connectivity index (χ2n) is 4.71. The van der Waals surface area contributed by atoms with E-state index in [1.807, 2.05) is 19.1 Å². The van der Waals surface area contributed by atoms with Crippen molar-refractivity contribution in [3.8, 4) is 5.75 Å². The normalized spacial score (nSPS) is 18.9. The van der Waals surface area contributed by atoms with Crippen LogP contribution in [0.5, 0.6) is 5.75 Å². The number of phenolic OH excluding ortho intramolecular Hbond substituents is 1. The van der Waals surface area contributed by atoms with Crippen LogP contribution in [-0.2, 0) is 6.54 Å². The van der Waals surface area contributed by atoms with E-state index < -0.39 is 0 Å². The summed E-state index contributed by atoms with van der Waals surface area (Å²) in [5.74, 6) is 0.430. The monoisotopic (exact) mass is 220 g/mol. The third-order valence-electron chi connectivity index (χ3n) is 3.23. The van der Waals surface area contributed by atoms with Crippen molar-refractivity contribution in [2.45, 2.75) is 13.5 Å².